The quantitative estimate of drug-likeness (QED) is 0.622. The minimum atomic E-state index is -0.484. The van der Waals surface area contributed by atoms with Gasteiger partial charge in [0.25, 0.3) is 0 Å². The van der Waals surface area contributed by atoms with Gasteiger partial charge in [-0.2, -0.15) is 0 Å². The lowest BCUT2D eigenvalue weighted by molar-refractivity contribution is -0.128. The molecule has 3 heterocycles. The van der Waals surface area contributed by atoms with Crippen molar-refractivity contribution in [2.45, 2.75) is 44.1 Å². The summed E-state index contributed by atoms with van der Waals surface area (Å²) in [5.41, 5.74) is 2.99. The molecule has 0 spiro atoms. The number of carbonyl (C=O) groups is 2. The zero-order chi connectivity index (χ0) is 18.8. The van der Waals surface area contributed by atoms with Crippen LogP contribution in [0.1, 0.15) is 36.5 Å². The molecule has 8 heteroatoms. The number of likely N-dealkylation sites (tertiary alicyclic amines) is 1. The Morgan fingerprint density at radius 2 is 2.07 bits per heavy atom. The Balaban J connectivity index is 1.29. The second-order valence-electron chi connectivity index (χ2n) is 7.42. The van der Waals surface area contributed by atoms with Gasteiger partial charge in [-0.3, -0.25) is 4.79 Å². The number of hydrogen-bond acceptors (Lipinski definition) is 5. The lowest BCUT2D eigenvalue weighted by Gasteiger charge is -2.40. The molecule has 0 saturated carbocycles. The Kier molecular flexibility index (Phi) is 5.18. The minimum absolute atomic E-state index is 0.0264. The van der Waals surface area contributed by atoms with E-state index in [1.807, 2.05) is 18.2 Å². The lowest BCUT2D eigenvalue weighted by atomic mass is 9.89. The van der Waals surface area contributed by atoms with Gasteiger partial charge in [-0.05, 0) is 30.5 Å². The molecule has 2 saturated heterocycles. The summed E-state index contributed by atoms with van der Waals surface area (Å²) in [6.45, 7) is 2.30. The van der Waals surface area contributed by atoms with Crippen LogP contribution in [0.25, 0.3) is 0 Å². The third kappa shape index (κ3) is 4.01. The van der Waals surface area contributed by atoms with Gasteiger partial charge in [0.2, 0.25) is 5.91 Å². The molecular weight excluding hydrogens is 348 g/mol. The maximum atomic E-state index is 12.0. The summed E-state index contributed by atoms with van der Waals surface area (Å²) in [6.07, 6.45) is 2.30. The smallest absolute Gasteiger partial charge is 0.315 e. The summed E-state index contributed by atoms with van der Waals surface area (Å²) in [4.78, 5) is 25.7. The second-order valence-corrected chi connectivity index (χ2v) is 7.42. The molecule has 2 fully saturated rings. The molecule has 4 N–H and O–H groups in total. The number of amides is 3. The largest absolute Gasteiger partial charge is 0.389 e. The fourth-order valence-corrected chi connectivity index (χ4v) is 3.96. The lowest BCUT2D eigenvalue weighted by Crippen LogP contribution is -2.46. The van der Waals surface area contributed by atoms with E-state index >= 15 is 0 Å². The number of hydrogen-bond donors (Lipinski definition) is 4. The summed E-state index contributed by atoms with van der Waals surface area (Å²) in [5, 5.41) is 18.7. The third-order valence-electron chi connectivity index (χ3n) is 5.52. The van der Waals surface area contributed by atoms with Crippen molar-refractivity contribution in [1.29, 1.82) is 0 Å². The van der Waals surface area contributed by atoms with Crippen LogP contribution in [0.4, 0.5) is 10.5 Å². The molecule has 27 heavy (non-hydrogen) atoms. The molecular formula is C19H26N4O4. The van der Waals surface area contributed by atoms with Crippen LogP contribution < -0.4 is 16.0 Å². The fourth-order valence-electron chi connectivity index (χ4n) is 3.96. The van der Waals surface area contributed by atoms with Gasteiger partial charge in [0.15, 0.2) is 0 Å². The average Bonchev–Trinajstić information content (AvgIpc) is 3.22. The molecule has 0 unspecified atom stereocenters. The van der Waals surface area contributed by atoms with Gasteiger partial charge in [-0.25, -0.2) is 4.79 Å². The number of aliphatic hydroxyl groups excluding tert-OH is 1. The molecule has 3 aliphatic rings. The number of ether oxygens (including phenoxy) is 1. The molecule has 8 nitrogen and oxygen atoms in total. The maximum Gasteiger partial charge on any atom is 0.315 e. The molecule has 4 rings (SSSR count). The van der Waals surface area contributed by atoms with E-state index in [1.165, 1.54) is 0 Å². The van der Waals surface area contributed by atoms with E-state index in [2.05, 4.69) is 16.0 Å². The predicted molar refractivity (Wildman–Crippen MR) is 99.2 cm³/mol. The molecule has 146 valence electrons. The summed E-state index contributed by atoms with van der Waals surface area (Å²) >= 11 is 0. The van der Waals surface area contributed by atoms with E-state index in [0.717, 1.165) is 49.2 Å². The number of anilines is 1. The summed E-state index contributed by atoms with van der Waals surface area (Å²) in [6, 6.07) is 5.60. The van der Waals surface area contributed by atoms with Crippen LogP contribution in [-0.2, 0) is 16.1 Å². The standard InChI is InChI=1S/C19H26N4O4/c24-16-11-27-17-8-15(16)22-14-4-3-12(7-13(14)17)9-20-19(26)21-10-18(25)23-5-1-2-6-23/h3-4,7,15-17,22,24H,1-2,5-6,8-11H2,(H2,20,21,26)/t15-,16-,17-/m1/s1. The number of nitrogens with one attached hydrogen (secondary N) is 3. The number of benzene rings is 1. The number of urea groups is 1. The first-order chi connectivity index (χ1) is 13.1. The highest BCUT2D eigenvalue weighted by Gasteiger charge is 2.36. The van der Waals surface area contributed by atoms with Crippen molar-refractivity contribution in [3.8, 4) is 0 Å². The van der Waals surface area contributed by atoms with Crippen LogP contribution >= 0.6 is 0 Å². The molecule has 1 aromatic carbocycles. The number of fused-ring (bicyclic) bond motifs is 4. The topological polar surface area (TPSA) is 103 Å². The van der Waals surface area contributed by atoms with Gasteiger partial charge in [-0.1, -0.05) is 6.07 Å². The fraction of sp³-hybridized carbons (Fsp3) is 0.579. The van der Waals surface area contributed by atoms with Crippen LogP contribution in [0.3, 0.4) is 0 Å². The van der Waals surface area contributed by atoms with Gasteiger partial charge < -0.3 is 30.7 Å². The molecule has 0 aromatic heterocycles. The first kappa shape index (κ1) is 18.1. The van der Waals surface area contributed by atoms with E-state index < -0.39 is 6.10 Å². The van der Waals surface area contributed by atoms with Gasteiger partial charge in [0.1, 0.15) is 0 Å². The van der Waals surface area contributed by atoms with Crippen LogP contribution in [0, 0.1) is 0 Å². The maximum absolute atomic E-state index is 12.0. The van der Waals surface area contributed by atoms with Crippen molar-refractivity contribution < 1.29 is 19.4 Å². The molecule has 0 radical (unpaired) electrons. The van der Waals surface area contributed by atoms with Crippen LogP contribution in [0.2, 0.25) is 0 Å². The van der Waals surface area contributed by atoms with E-state index in [4.69, 9.17) is 4.74 Å². The summed E-state index contributed by atoms with van der Waals surface area (Å²) < 4.78 is 5.75. The summed E-state index contributed by atoms with van der Waals surface area (Å²) in [7, 11) is 0. The molecule has 1 aromatic rings. The minimum Gasteiger partial charge on any atom is -0.389 e. The number of rotatable bonds is 4. The highest BCUT2D eigenvalue weighted by atomic mass is 16.5. The monoisotopic (exact) mass is 374 g/mol. The number of nitrogens with zero attached hydrogens (tertiary/aromatic N) is 1. The van der Waals surface area contributed by atoms with Crippen molar-refractivity contribution in [3.63, 3.8) is 0 Å². The van der Waals surface area contributed by atoms with Crippen LogP contribution in [-0.4, -0.2) is 60.3 Å². The number of aliphatic hydroxyl groups is 1. The van der Waals surface area contributed by atoms with Crippen molar-refractivity contribution in [2.24, 2.45) is 0 Å². The van der Waals surface area contributed by atoms with Gasteiger partial charge in [0.05, 0.1) is 31.4 Å². The Morgan fingerprint density at radius 1 is 1.26 bits per heavy atom. The molecule has 2 bridgehead atoms. The van der Waals surface area contributed by atoms with Crippen molar-refractivity contribution in [1.82, 2.24) is 15.5 Å². The molecule has 3 atom stereocenters. The SMILES string of the molecule is O=C(NCC(=O)N1CCCC1)NCc1ccc2c(c1)[C@H]1C[C@@H](N2)[C@H](O)CO1. The first-order valence-corrected chi connectivity index (χ1v) is 9.58. The third-order valence-corrected chi connectivity index (χ3v) is 5.52. The van der Waals surface area contributed by atoms with E-state index in [1.54, 1.807) is 4.90 Å². The highest BCUT2D eigenvalue weighted by molar-refractivity contribution is 5.84. The zero-order valence-corrected chi connectivity index (χ0v) is 15.2. The Hall–Kier alpha value is -2.32. The van der Waals surface area contributed by atoms with E-state index in [0.29, 0.717) is 13.2 Å². The number of carbonyl (C=O) groups excluding carboxylic acids is 2. The Labute approximate surface area is 158 Å². The zero-order valence-electron chi connectivity index (χ0n) is 15.2. The molecule has 3 aliphatic heterocycles. The normalized spacial score (nSPS) is 26.1. The van der Waals surface area contributed by atoms with Gasteiger partial charge in [-0.15, -0.1) is 0 Å². The highest BCUT2D eigenvalue weighted by Crippen LogP contribution is 2.39. The van der Waals surface area contributed by atoms with Crippen molar-refractivity contribution in [3.05, 3.63) is 29.3 Å². The Bertz CT molecular complexity index is 720. The first-order valence-electron chi connectivity index (χ1n) is 9.58. The van der Waals surface area contributed by atoms with Crippen molar-refractivity contribution in [2.75, 3.05) is 31.6 Å². The molecule has 0 aliphatic carbocycles. The van der Waals surface area contributed by atoms with E-state index in [-0.39, 0.29) is 30.6 Å². The van der Waals surface area contributed by atoms with Crippen LogP contribution in [0.5, 0.6) is 0 Å². The van der Waals surface area contributed by atoms with Crippen LogP contribution in [0.15, 0.2) is 18.2 Å². The van der Waals surface area contributed by atoms with Crippen molar-refractivity contribution >= 4 is 17.6 Å². The van der Waals surface area contributed by atoms with Gasteiger partial charge >= 0.3 is 6.03 Å². The Morgan fingerprint density at radius 3 is 2.89 bits per heavy atom. The predicted octanol–water partition coefficient (Wildman–Crippen LogP) is 0.725. The average molecular weight is 374 g/mol. The van der Waals surface area contributed by atoms with E-state index in [9.17, 15) is 14.7 Å². The summed E-state index contributed by atoms with van der Waals surface area (Å²) in [5.74, 6) is -0.0336. The second kappa shape index (κ2) is 7.74. The van der Waals surface area contributed by atoms with Gasteiger partial charge in [0, 0.05) is 37.3 Å². The molecule has 3 amide bonds.